The highest BCUT2D eigenvalue weighted by Gasteiger charge is 2.19. The van der Waals surface area contributed by atoms with E-state index in [1.807, 2.05) is 39.0 Å². The highest BCUT2D eigenvalue weighted by molar-refractivity contribution is 5.88. The number of aryl methyl sites for hydroxylation is 2. The van der Waals surface area contributed by atoms with Crippen LogP contribution in [0.1, 0.15) is 48.8 Å². The standard InChI is InChI=1S/C15H19NO/c1-4-5-6-15(17)14(10-16)13-8-7-11(2)12(3)9-13/h7-9,14H,4-6H2,1-3H3. The topological polar surface area (TPSA) is 40.9 Å². The van der Waals surface area contributed by atoms with E-state index >= 15 is 0 Å². The lowest BCUT2D eigenvalue weighted by Gasteiger charge is -2.10. The Labute approximate surface area is 103 Å². The summed E-state index contributed by atoms with van der Waals surface area (Å²) >= 11 is 0. The molecule has 0 aliphatic heterocycles. The Balaban J connectivity index is 2.90. The molecule has 0 N–H and O–H groups in total. The number of hydrogen-bond acceptors (Lipinski definition) is 2. The van der Waals surface area contributed by atoms with Gasteiger partial charge in [-0.1, -0.05) is 31.5 Å². The van der Waals surface area contributed by atoms with Gasteiger partial charge in [0.25, 0.3) is 0 Å². The van der Waals surface area contributed by atoms with E-state index in [1.54, 1.807) is 0 Å². The van der Waals surface area contributed by atoms with Crippen molar-refractivity contribution in [1.29, 1.82) is 5.26 Å². The van der Waals surface area contributed by atoms with Crippen molar-refractivity contribution in [2.45, 2.75) is 46.0 Å². The maximum atomic E-state index is 11.9. The summed E-state index contributed by atoms with van der Waals surface area (Å²) in [6.45, 7) is 6.08. The Morgan fingerprint density at radius 1 is 1.35 bits per heavy atom. The minimum absolute atomic E-state index is 0.0394. The first-order chi connectivity index (χ1) is 8.10. The third-order valence-corrected chi connectivity index (χ3v) is 3.09. The van der Waals surface area contributed by atoms with Crippen molar-refractivity contribution in [3.05, 3.63) is 34.9 Å². The van der Waals surface area contributed by atoms with Crippen molar-refractivity contribution in [2.24, 2.45) is 0 Å². The lowest BCUT2D eigenvalue weighted by molar-refractivity contribution is -0.119. The number of carbonyl (C=O) groups is 1. The molecule has 0 saturated heterocycles. The first kappa shape index (κ1) is 13.4. The first-order valence-electron chi connectivity index (χ1n) is 6.09. The Morgan fingerprint density at radius 3 is 2.59 bits per heavy atom. The van der Waals surface area contributed by atoms with Gasteiger partial charge in [0, 0.05) is 6.42 Å². The van der Waals surface area contributed by atoms with Crippen LogP contribution in [0.15, 0.2) is 18.2 Å². The molecular formula is C15H19NO. The summed E-state index contributed by atoms with van der Waals surface area (Å²) in [5.41, 5.74) is 3.15. The molecule has 1 aromatic rings. The summed E-state index contributed by atoms with van der Waals surface area (Å²) in [6.07, 6.45) is 2.35. The van der Waals surface area contributed by atoms with Gasteiger partial charge < -0.3 is 0 Å². The molecule has 0 saturated carbocycles. The van der Waals surface area contributed by atoms with Gasteiger partial charge in [0.1, 0.15) is 5.92 Å². The van der Waals surface area contributed by atoms with Crippen molar-refractivity contribution in [1.82, 2.24) is 0 Å². The van der Waals surface area contributed by atoms with Crippen molar-refractivity contribution in [2.75, 3.05) is 0 Å². The zero-order valence-corrected chi connectivity index (χ0v) is 10.8. The normalized spacial score (nSPS) is 11.9. The van der Waals surface area contributed by atoms with E-state index in [0.717, 1.165) is 24.0 Å². The lowest BCUT2D eigenvalue weighted by atomic mass is 9.91. The SMILES string of the molecule is CCCCC(=O)C(C#N)c1ccc(C)c(C)c1. The van der Waals surface area contributed by atoms with Gasteiger partial charge in [0.05, 0.1) is 6.07 Å². The number of benzene rings is 1. The number of rotatable bonds is 5. The van der Waals surface area contributed by atoms with E-state index in [-0.39, 0.29) is 5.78 Å². The second-order valence-corrected chi connectivity index (χ2v) is 4.48. The van der Waals surface area contributed by atoms with Crippen LogP contribution in [0.5, 0.6) is 0 Å². The largest absolute Gasteiger partial charge is 0.298 e. The van der Waals surface area contributed by atoms with Crippen molar-refractivity contribution >= 4 is 5.78 Å². The number of ketones is 1. The molecule has 0 radical (unpaired) electrons. The second-order valence-electron chi connectivity index (χ2n) is 4.48. The summed E-state index contributed by atoms with van der Waals surface area (Å²) < 4.78 is 0. The van der Waals surface area contributed by atoms with Crippen molar-refractivity contribution in [3.8, 4) is 6.07 Å². The van der Waals surface area contributed by atoms with Crippen LogP contribution >= 0.6 is 0 Å². The molecular weight excluding hydrogens is 210 g/mol. The fraction of sp³-hybridized carbons (Fsp3) is 0.467. The molecule has 1 atom stereocenters. The van der Waals surface area contributed by atoms with Crippen LogP contribution in [0.25, 0.3) is 0 Å². The Kier molecular flexibility index (Phi) is 4.90. The Bertz CT molecular complexity index is 443. The predicted octanol–water partition coefficient (Wildman–Crippen LogP) is 3.67. The average Bonchev–Trinajstić information content (AvgIpc) is 2.32. The van der Waals surface area contributed by atoms with E-state index in [2.05, 4.69) is 6.07 Å². The number of hydrogen-bond donors (Lipinski definition) is 0. The third kappa shape index (κ3) is 3.42. The van der Waals surface area contributed by atoms with Crippen LogP contribution in [0.3, 0.4) is 0 Å². The molecule has 90 valence electrons. The van der Waals surface area contributed by atoms with Gasteiger partial charge in [0.15, 0.2) is 5.78 Å². The van der Waals surface area contributed by atoms with Gasteiger partial charge in [-0.2, -0.15) is 5.26 Å². The number of nitrogens with zero attached hydrogens (tertiary/aromatic N) is 1. The molecule has 0 heterocycles. The molecule has 0 fully saturated rings. The maximum absolute atomic E-state index is 11.9. The molecule has 2 nitrogen and oxygen atoms in total. The van der Waals surface area contributed by atoms with Gasteiger partial charge in [0.2, 0.25) is 0 Å². The fourth-order valence-corrected chi connectivity index (χ4v) is 1.77. The van der Waals surface area contributed by atoms with Crippen LogP contribution in [-0.4, -0.2) is 5.78 Å². The van der Waals surface area contributed by atoms with E-state index in [1.165, 1.54) is 5.56 Å². The van der Waals surface area contributed by atoms with Crippen molar-refractivity contribution < 1.29 is 4.79 Å². The van der Waals surface area contributed by atoms with Gasteiger partial charge in [-0.15, -0.1) is 0 Å². The summed E-state index contributed by atoms with van der Waals surface area (Å²) in [4.78, 5) is 11.9. The van der Waals surface area contributed by atoms with Crippen LogP contribution < -0.4 is 0 Å². The van der Waals surface area contributed by atoms with Gasteiger partial charge in [-0.3, -0.25) is 4.79 Å². The quantitative estimate of drug-likeness (QED) is 0.773. The third-order valence-electron chi connectivity index (χ3n) is 3.09. The zero-order valence-electron chi connectivity index (χ0n) is 10.8. The van der Waals surface area contributed by atoms with Crippen LogP contribution in [-0.2, 0) is 4.79 Å². The molecule has 0 aliphatic rings. The molecule has 2 heteroatoms. The lowest BCUT2D eigenvalue weighted by Crippen LogP contribution is -2.10. The summed E-state index contributed by atoms with van der Waals surface area (Å²) in [6, 6.07) is 7.94. The maximum Gasteiger partial charge on any atom is 0.154 e. The average molecular weight is 229 g/mol. The molecule has 0 bridgehead atoms. The first-order valence-corrected chi connectivity index (χ1v) is 6.09. The molecule has 1 rings (SSSR count). The fourth-order valence-electron chi connectivity index (χ4n) is 1.77. The molecule has 17 heavy (non-hydrogen) atoms. The molecule has 1 aromatic carbocycles. The summed E-state index contributed by atoms with van der Waals surface area (Å²) in [5, 5.41) is 9.14. The number of Topliss-reactive ketones (excluding diaryl/α,β-unsaturated/α-hetero) is 1. The molecule has 0 spiro atoms. The van der Waals surface area contributed by atoms with Crippen LogP contribution in [0.4, 0.5) is 0 Å². The van der Waals surface area contributed by atoms with Crippen LogP contribution in [0, 0.1) is 25.2 Å². The smallest absolute Gasteiger partial charge is 0.154 e. The van der Waals surface area contributed by atoms with E-state index < -0.39 is 5.92 Å². The minimum Gasteiger partial charge on any atom is -0.298 e. The Hall–Kier alpha value is -1.62. The number of nitriles is 1. The Morgan fingerprint density at radius 2 is 2.06 bits per heavy atom. The molecule has 0 aliphatic carbocycles. The predicted molar refractivity (Wildman–Crippen MR) is 68.8 cm³/mol. The second kappa shape index (κ2) is 6.20. The molecule has 0 aromatic heterocycles. The molecule has 0 amide bonds. The van der Waals surface area contributed by atoms with Crippen molar-refractivity contribution in [3.63, 3.8) is 0 Å². The highest BCUT2D eigenvalue weighted by atomic mass is 16.1. The minimum atomic E-state index is -0.596. The van der Waals surface area contributed by atoms with Crippen LogP contribution in [0.2, 0.25) is 0 Å². The zero-order chi connectivity index (χ0) is 12.8. The van der Waals surface area contributed by atoms with Gasteiger partial charge in [-0.05, 0) is 37.0 Å². The van der Waals surface area contributed by atoms with Gasteiger partial charge >= 0.3 is 0 Å². The van der Waals surface area contributed by atoms with E-state index in [4.69, 9.17) is 5.26 Å². The van der Waals surface area contributed by atoms with Gasteiger partial charge in [-0.25, -0.2) is 0 Å². The monoisotopic (exact) mass is 229 g/mol. The molecule has 1 unspecified atom stereocenters. The number of unbranched alkanes of at least 4 members (excludes halogenated alkanes) is 1. The van der Waals surface area contributed by atoms with E-state index in [9.17, 15) is 4.79 Å². The summed E-state index contributed by atoms with van der Waals surface area (Å²) in [5.74, 6) is -0.557. The van der Waals surface area contributed by atoms with E-state index in [0.29, 0.717) is 6.42 Å². The highest BCUT2D eigenvalue weighted by Crippen LogP contribution is 2.21. The summed E-state index contributed by atoms with van der Waals surface area (Å²) in [7, 11) is 0. The number of carbonyl (C=O) groups excluding carboxylic acids is 1.